The van der Waals surface area contributed by atoms with E-state index in [1.807, 2.05) is 7.05 Å². The van der Waals surface area contributed by atoms with Gasteiger partial charge in [-0.15, -0.1) is 0 Å². The summed E-state index contributed by atoms with van der Waals surface area (Å²) in [5.74, 6) is -0.275. The maximum atomic E-state index is 13.9. The van der Waals surface area contributed by atoms with Gasteiger partial charge in [0.15, 0.2) is 5.78 Å². The first-order valence-electron chi connectivity index (χ1n) is 18.0. The van der Waals surface area contributed by atoms with Crippen molar-refractivity contribution in [2.75, 3.05) is 40.5 Å². The molecule has 10 nitrogen and oxygen atoms in total. The molecule has 46 heavy (non-hydrogen) atoms. The van der Waals surface area contributed by atoms with Gasteiger partial charge in [-0.25, -0.2) is 0 Å². The normalized spacial score (nSPS) is 47.3. The van der Waals surface area contributed by atoms with Crippen LogP contribution in [-0.4, -0.2) is 109 Å². The lowest BCUT2D eigenvalue weighted by Crippen LogP contribution is -2.63. The molecule has 0 aromatic carbocycles. The highest BCUT2D eigenvalue weighted by atomic mass is 16.5. The molecule has 5 fully saturated rings. The number of rotatable bonds is 11. The quantitative estimate of drug-likeness (QED) is 0.184. The highest BCUT2D eigenvalue weighted by Crippen LogP contribution is 2.69. The summed E-state index contributed by atoms with van der Waals surface area (Å²) in [4.78, 5) is 13.9. The zero-order chi connectivity index (χ0) is 33.1. The van der Waals surface area contributed by atoms with E-state index >= 15 is 0 Å². The lowest BCUT2D eigenvalue weighted by Gasteiger charge is -2.60. The minimum atomic E-state index is -1.55. The largest absolute Gasteiger partial charge is 0.387 e. The summed E-state index contributed by atoms with van der Waals surface area (Å²) in [5, 5.41) is 54.2. The molecular formula is C36H60N2O8. The van der Waals surface area contributed by atoms with Crippen LogP contribution in [0.2, 0.25) is 0 Å². The van der Waals surface area contributed by atoms with Crippen molar-refractivity contribution in [1.29, 1.82) is 0 Å². The number of hydrogen-bond donors (Lipinski definition) is 6. The van der Waals surface area contributed by atoms with E-state index in [4.69, 9.17) is 14.2 Å². The highest BCUT2D eigenvalue weighted by Gasteiger charge is 2.69. The summed E-state index contributed by atoms with van der Waals surface area (Å²) in [5.41, 5.74) is -2.91. The summed E-state index contributed by atoms with van der Waals surface area (Å²) in [7, 11) is 3.59. The molecule has 10 heteroatoms. The fourth-order valence-corrected chi connectivity index (χ4v) is 11.5. The third-order valence-electron chi connectivity index (χ3n) is 14.1. The topological polar surface area (TPSA) is 150 Å². The third kappa shape index (κ3) is 5.46. The third-order valence-corrected chi connectivity index (χ3v) is 14.1. The predicted octanol–water partition coefficient (Wildman–Crippen LogP) is 2.31. The van der Waals surface area contributed by atoms with Gasteiger partial charge in [0.1, 0.15) is 18.4 Å². The van der Waals surface area contributed by atoms with Gasteiger partial charge in [-0.2, -0.15) is 0 Å². The van der Waals surface area contributed by atoms with Gasteiger partial charge in [0.05, 0.1) is 23.4 Å². The van der Waals surface area contributed by atoms with Crippen molar-refractivity contribution in [3.63, 3.8) is 0 Å². The van der Waals surface area contributed by atoms with Crippen LogP contribution in [0.1, 0.15) is 85.0 Å². The smallest absolute Gasteiger partial charge is 0.159 e. The molecule has 2 heterocycles. The van der Waals surface area contributed by atoms with Crippen LogP contribution in [0, 0.1) is 40.4 Å². The van der Waals surface area contributed by atoms with Gasteiger partial charge in [0.25, 0.3) is 0 Å². The zero-order valence-electron chi connectivity index (χ0n) is 28.7. The zero-order valence-corrected chi connectivity index (χ0v) is 28.7. The second-order valence-electron chi connectivity index (χ2n) is 16.3. The van der Waals surface area contributed by atoms with Crippen LogP contribution in [0.4, 0.5) is 0 Å². The maximum Gasteiger partial charge on any atom is 0.159 e. The highest BCUT2D eigenvalue weighted by molar-refractivity contribution is 5.95. The molecule has 262 valence electrons. The van der Waals surface area contributed by atoms with E-state index in [1.54, 1.807) is 20.1 Å². The van der Waals surface area contributed by atoms with Crippen molar-refractivity contribution >= 4 is 5.78 Å². The summed E-state index contributed by atoms with van der Waals surface area (Å²) < 4.78 is 17.7. The Labute approximate surface area is 275 Å². The van der Waals surface area contributed by atoms with Crippen molar-refractivity contribution in [2.45, 2.75) is 127 Å². The molecule has 2 saturated heterocycles. The standard InChI is InChI=1S/C36H60N2O8/c1-33-12-7-21(45-18-6-17-44-5)19-26(33)27(39)20-25-24(33)8-13-34(2)28(9-14-36(25,34)43)35(3,42)31(40)29-22(10-15-37-4)23-11-16-38-32(41)30(23)46-29/h20-24,26,28-32,37-38,40-43H,6-19H2,1-5H3/t21-,22+,23+,24-,26-,28-,29-,30-,31+,32+,33+,34+,35-,36+/m0/s1. The molecule has 0 bridgehead atoms. The molecule has 0 spiro atoms. The lowest BCUT2D eigenvalue weighted by atomic mass is 9.46. The van der Waals surface area contributed by atoms with Crippen LogP contribution in [0.25, 0.3) is 0 Å². The first-order chi connectivity index (χ1) is 21.8. The van der Waals surface area contributed by atoms with Gasteiger partial charge in [-0.05, 0) is 132 Å². The van der Waals surface area contributed by atoms with Crippen LogP contribution < -0.4 is 10.6 Å². The SMILES string of the molecule is CNCC[C@@H]1[C@H]2CCN[C@H](O)[C@H]2O[C@@H]1[C@@H](O)[C@@](C)(O)[C@H]1CC[C@@]2(O)C3=CC(=O)[C@@H]4C[C@@H](OCCCOC)CC[C@]4(C)[C@H]3CC[C@]12C. The molecule has 0 unspecified atom stereocenters. The molecule has 3 saturated carbocycles. The fourth-order valence-electron chi connectivity index (χ4n) is 11.5. The van der Waals surface area contributed by atoms with E-state index < -0.39 is 47.1 Å². The Morgan fingerprint density at radius 2 is 1.93 bits per heavy atom. The second-order valence-corrected chi connectivity index (χ2v) is 16.3. The molecule has 6 rings (SSSR count). The number of aliphatic hydroxyl groups is 4. The molecule has 0 aromatic rings. The van der Waals surface area contributed by atoms with Crippen LogP contribution >= 0.6 is 0 Å². The van der Waals surface area contributed by atoms with E-state index in [-0.39, 0.29) is 41.0 Å². The van der Waals surface area contributed by atoms with E-state index in [2.05, 4.69) is 24.5 Å². The van der Waals surface area contributed by atoms with Crippen molar-refractivity contribution in [3.05, 3.63) is 11.6 Å². The first-order valence-corrected chi connectivity index (χ1v) is 18.0. The average molecular weight is 649 g/mol. The molecule has 0 radical (unpaired) electrons. The summed E-state index contributed by atoms with van der Waals surface area (Å²) in [6.45, 7) is 8.75. The Morgan fingerprint density at radius 3 is 2.67 bits per heavy atom. The molecule has 6 aliphatic rings. The number of ketones is 1. The van der Waals surface area contributed by atoms with E-state index in [0.29, 0.717) is 45.4 Å². The van der Waals surface area contributed by atoms with Gasteiger partial charge in [-0.3, -0.25) is 10.1 Å². The molecular weight excluding hydrogens is 588 g/mol. The number of ether oxygens (including phenoxy) is 3. The van der Waals surface area contributed by atoms with E-state index in [1.165, 1.54) is 0 Å². The number of allylic oxidation sites excluding steroid dienone is 1. The number of methoxy groups -OCH3 is 1. The van der Waals surface area contributed by atoms with E-state index in [9.17, 15) is 25.2 Å². The van der Waals surface area contributed by atoms with Gasteiger partial charge in [-0.1, -0.05) is 13.8 Å². The Bertz CT molecular complexity index is 1150. The van der Waals surface area contributed by atoms with E-state index in [0.717, 1.165) is 50.6 Å². The molecule has 0 amide bonds. The Balaban J connectivity index is 1.23. The van der Waals surface area contributed by atoms with Crippen LogP contribution in [0.3, 0.4) is 0 Å². The summed E-state index contributed by atoms with van der Waals surface area (Å²) in [6, 6.07) is 0. The number of hydrogen-bond acceptors (Lipinski definition) is 10. The monoisotopic (exact) mass is 648 g/mol. The first kappa shape index (κ1) is 34.9. The number of fused-ring (bicyclic) bond motifs is 6. The number of nitrogens with one attached hydrogen (secondary N) is 2. The number of aliphatic hydroxyl groups excluding tert-OH is 2. The van der Waals surface area contributed by atoms with Gasteiger partial charge in [0.2, 0.25) is 0 Å². The van der Waals surface area contributed by atoms with Gasteiger partial charge >= 0.3 is 0 Å². The maximum absolute atomic E-state index is 13.9. The Morgan fingerprint density at radius 1 is 1.15 bits per heavy atom. The molecule has 14 atom stereocenters. The Hall–Kier alpha value is -0.950. The number of piperidine rings is 1. The minimum Gasteiger partial charge on any atom is -0.387 e. The summed E-state index contributed by atoms with van der Waals surface area (Å²) >= 11 is 0. The fraction of sp³-hybridized carbons (Fsp3) is 0.917. The van der Waals surface area contributed by atoms with Crippen molar-refractivity contribution in [1.82, 2.24) is 10.6 Å². The molecule has 4 aliphatic carbocycles. The van der Waals surface area contributed by atoms with Crippen LogP contribution in [0.5, 0.6) is 0 Å². The molecule has 6 N–H and O–H groups in total. The second kappa shape index (κ2) is 13.1. The summed E-state index contributed by atoms with van der Waals surface area (Å²) in [6.07, 6.45) is 6.22. The van der Waals surface area contributed by atoms with Crippen molar-refractivity contribution in [2.24, 2.45) is 40.4 Å². The van der Waals surface area contributed by atoms with Crippen LogP contribution in [0.15, 0.2) is 11.6 Å². The van der Waals surface area contributed by atoms with Gasteiger partial charge < -0.3 is 40.0 Å². The number of carbonyl (C=O) groups is 1. The lowest BCUT2D eigenvalue weighted by molar-refractivity contribution is -0.201. The van der Waals surface area contributed by atoms with Crippen molar-refractivity contribution < 1.29 is 39.4 Å². The average Bonchev–Trinajstić information content (AvgIpc) is 3.54. The van der Waals surface area contributed by atoms with Crippen molar-refractivity contribution in [3.8, 4) is 0 Å². The Kier molecular flexibility index (Phi) is 9.91. The minimum absolute atomic E-state index is 0.0193. The molecule has 2 aliphatic heterocycles. The van der Waals surface area contributed by atoms with Gasteiger partial charge in [0, 0.05) is 31.7 Å². The van der Waals surface area contributed by atoms with Crippen LogP contribution in [-0.2, 0) is 19.0 Å². The predicted molar refractivity (Wildman–Crippen MR) is 173 cm³/mol. The number of carbonyl (C=O) groups excluding carboxylic acids is 1. The molecule has 0 aromatic heterocycles.